The Kier molecular flexibility index (Phi) is 5.22. The molecule has 0 atom stereocenters. The number of aryl methyl sites for hydroxylation is 1. The summed E-state index contributed by atoms with van der Waals surface area (Å²) in [6, 6.07) is 2.02. The lowest BCUT2D eigenvalue weighted by molar-refractivity contribution is 0.0325. The second-order valence-electron chi connectivity index (χ2n) is 8.90. The van der Waals surface area contributed by atoms with E-state index in [1.807, 2.05) is 13.0 Å². The van der Waals surface area contributed by atoms with Gasteiger partial charge in [0.1, 0.15) is 11.4 Å². The van der Waals surface area contributed by atoms with E-state index in [9.17, 15) is 0 Å². The smallest absolute Gasteiger partial charge is 0.470 e. The van der Waals surface area contributed by atoms with E-state index in [0.717, 1.165) is 17.0 Å². The van der Waals surface area contributed by atoms with Crippen molar-refractivity contribution >= 4 is 21.1 Å². The molecule has 0 radical (unpaired) electrons. The Morgan fingerprint density at radius 2 is 1.78 bits per heavy atom. The molecule has 1 fully saturated rings. The summed E-state index contributed by atoms with van der Waals surface area (Å²) < 4.78 is 23.7. The van der Waals surface area contributed by atoms with Gasteiger partial charge < -0.3 is 18.2 Å². The van der Waals surface area contributed by atoms with E-state index < -0.39 is 15.4 Å². The van der Waals surface area contributed by atoms with Gasteiger partial charge in [0.05, 0.1) is 6.61 Å². The Hall–Kier alpha value is -0.558. The van der Waals surface area contributed by atoms with E-state index in [0.29, 0.717) is 19.8 Å². The first-order chi connectivity index (χ1) is 10.4. The van der Waals surface area contributed by atoms with Crippen LogP contribution in [-0.4, -0.2) is 28.6 Å². The molecule has 23 heavy (non-hydrogen) atoms. The molecular formula is C17H31BO4Si. The molecule has 0 unspecified atom stereocenters. The monoisotopic (exact) mass is 338 g/mol. The molecule has 130 valence electrons. The Morgan fingerprint density at radius 3 is 2.30 bits per heavy atom. The summed E-state index contributed by atoms with van der Waals surface area (Å²) in [4.78, 5) is 0. The number of hydrogen-bond donors (Lipinski definition) is 0. The number of rotatable bonds is 4. The molecule has 1 aromatic heterocycles. The van der Waals surface area contributed by atoms with Gasteiger partial charge in [0, 0.05) is 24.2 Å². The molecular weight excluding hydrogens is 307 g/mol. The van der Waals surface area contributed by atoms with Gasteiger partial charge in [0.2, 0.25) is 0 Å². The van der Waals surface area contributed by atoms with Crippen LogP contribution in [0.4, 0.5) is 0 Å². The van der Waals surface area contributed by atoms with Gasteiger partial charge >= 0.3 is 7.12 Å². The van der Waals surface area contributed by atoms with Crippen molar-refractivity contribution in [2.75, 3.05) is 13.2 Å². The summed E-state index contributed by atoms with van der Waals surface area (Å²) in [6.45, 7) is 19.4. The van der Waals surface area contributed by atoms with Crippen LogP contribution in [0.2, 0.25) is 18.1 Å². The molecule has 0 saturated carbocycles. The highest BCUT2D eigenvalue weighted by Gasteiger charge is 2.38. The number of furan rings is 1. The highest BCUT2D eigenvalue weighted by molar-refractivity contribution is 6.74. The fourth-order valence-electron chi connectivity index (χ4n) is 2.14. The van der Waals surface area contributed by atoms with Crippen molar-refractivity contribution in [1.29, 1.82) is 0 Å². The Morgan fingerprint density at radius 1 is 1.22 bits per heavy atom. The molecule has 1 aliphatic rings. The van der Waals surface area contributed by atoms with Crippen LogP contribution in [0.3, 0.4) is 0 Å². The van der Waals surface area contributed by atoms with Gasteiger partial charge in [-0.15, -0.1) is 0 Å². The van der Waals surface area contributed by atoms with Gasteiger partial charge in [-0.05, 0) is 31.1 Å². The molecule has 4 nitrogen and oxygen atoms in total. The van der Waals surface area contributed by atoms with Crippen LogP contribution in [0.1, 0.15) is 45.9 Å². The maximum Gasteiger partial charge on any atom is 0.531 e. The lowest BCUT2D eigenvalue weighted by atomic mass is 9.81. The molecule has 0 amide bonds. The first-order valence-corrected chi connectivity index (χ1v) is 11.3. The molecule has 0 aliphatic carbocycles. The maximum atomic E-state index is 6.29. The molecule has 1 aromatic rings. The van der Waals surface area contributed by atoms with Crippen molar-refractivity contribution in [1.82, 2.24) is 0 Å². The van der Waals surface area contributed by atoms with Crippen LogP contribution in [0, 0.1) is 12.3 Å². The maximum absolute atomic E-state index is 6.29. The van der Waals surface area contributed by atoms with E-state index in [1.54, 1.807) is 0 Å². The van der Waals surface area contributed by atoms with Crippen molar-refractivity contribution in [3.05, 3.63) is 17.4 Å². The molecule has 1 saturated heterocycles. The van der Waals surface area contributed by atoms with E-state index in [-0.39, 0.29) is 10.5 Å². The third kappa shape index (κ3) is 4.50. The lowest BCUT2D eigenvalue weighted by Gasteiger charge is -2.36. The molecule has 0 spiro atoms. The fraction of sp³-hybridized carbons (Fsp3) is 0.765. The van der Waals surface area contributed by atoms with Gasteiger partial charge in [-0.1, -0.05) is 34.6 Å². The van der Waals surface area contributed by atoms with Crippen LogP contribution >= 0.6 is 0 Å². The first-order valence-electron chi connectivity index (χ1n) is 8.38. The minimum atomic E-state index is -1.76. The summed E-state index contributed by atoms with van der Waals surface area (Å²) in [5, 5.41) is 0.203. The summed E-state index contributed by atoms with van der Waals surface area (Å²) >= 11 is 0. The largest absolute Gasteiger partial charge is 0.531 e. The van der Waals surface area contributed by atoms with Crippen molar-refractivity contribution < 1.29 is 18.2 Å². The van der Waals surface area contributed by atoms with Gasteiger partial charge in [0.25, 0.3) is 0 Å². The molecule has 0 aromatic carbocycles. The van der Waals surface area contributed by atoms with E-state index in [2.05, 4.69) is 47.7 Å². The highest BCUT2D eigenvalue weighted by atomic mass is 28.4. The van der Waals surface area contributed by atoms with E-state index in [1.165, 1.54) is 0 Å². The predicted octanol–water partition coefficient (Wildman–Crippen LogP) is 3.88. The van der Waals surface area contributed by atoms with Gasteiger partial charge in [0.15, 0.2) is 8.32 Å². The van der Waals surface area contributed by atoms with Crippen molar-refractivity contribution in [2.24, 2.45) is 5.41 Å². The van der Waals surface area contributed by atoms with Gasteiger partial charge in [-0.3, -0.25) is 0 Å². The van der Waals surface area contributed by atoms with Crippen molar-refractivity contribution in [2.45, 2.75) is 66.3 Å². The van der Waals surface area contributed by atoms with Crippen LogP contribution in [0.15, 0.2) is 10.5 Å². The molecule has 2 heterocycles. The van der Waals surface area contributed by atoms with Gasteiger partial charge in [-0.2, -0.15) is 0 Å². The fourth-order valence-corrected chi connectivity index (χ4v) is 3.09. The van der Waals surface area contributed by atoms with Crippen LogP contribution in [0.5, 0.6) is 0 Å². The minimum absolute atomic E-state index is 0.0619. The SMILES string of the molecule is Cc1oc(B2OCC(C)(C)CO2)cc1CO[Si](C)(C)C(C)(C)C. The zero-order chi connectivity index (χ0) is 17.5. The topological polar surface area (TPSA) is 40.8 Å². The summed E-state index contributed by atoms with van der Waals surface area (Å²) in [5.74, 6) is 0.885. The number of hydrogen-bond acceptors (Lipinski definition) is 4. The third-order valence-corrected chi connectivity index (χ3v) is 9.40. The average molecular weight is 338 g/mol. The lowest BCUT2D eigenvalue weighted by Crippen LogP contribution is -2.47. The third-order valence-electron chi connectivity index (χ3n) is 4.92. The molecule has 1 aliphatic heterocycles. The average Bonchev–Trinajstić information content (AvgIpc) is 2.76. The predicted molar refractivity (Wildman–Crippen MR) is 96.5 cm³/mol. The summed E-state index contributed by atoms with van der Waals surface area (Å²) in [7, 11) is -2.16. The second-order valence-corrected chi connectivity index (χ2v) is 13.7. The summed E-state index contributed by atoms with van der Waals surface area (Å²) in [6.07, 6.45) is 0. The highest BCUT2D eigenvalue weighted by Crippen LogP contribution is 2.37. The Bertz CT molecular complexity index is 535. The van der Waals surface area contributed by atoms with Crippen molar-refractivity contribution in [3.63, 3.8) is 0 Å². The standard InChI is InChI=1S/C17H31BO4Si/c1-13-14(10-21-23(7,8)16(2,3)4)9-15(22-13)18-19-11-17(5,6)12-20-18/h9H,10-12H2,1-8H3. The van der Waals surface area contributed by atoms with Crippen LogP contribution < -0.4 is 5.66 Å². The molecule has 2 rings (SSSR count). The molecule has 0 bridgehead atoms. The normalized spacial score (nSPS) is 19.2. The second kappa shape index (κ2) is 6.39. The van der Waals surface area contributed by atoms with Crippen LogP contribution in [0.25, 0.3) is 0 Å². The van der Waals surface area contributed by atoms with Crippen LogP contribution in [-0.2, 0) is 20.3 Å². The van der Waals surface area contributed by atoms with Gasteiger partial charge in [-0.25, -0.2) is 0 Å². The quantitative estimate of drug-likeness (QED) is 0.781. The minimum Gasteiger partial charge on any atom is -0.470 e. The summed E-state index contributed by atoms with van der Waals surface area (Å²) in [5.41, 5.74) is 1.89. The zero-order valence-electron chi connectivity index (χ0n) is 15.9. The zero-order valence-corrected chi connectivity index (χ0v) is 16.9. The molecule has 0 N–H and O–H groups in total. The van der Waals surface area contributed by atoms with E-state index in [4.69, 9.17) is 18.2 Å². The first kappa shape index (κ1) is 18.8. The van der Waals surface area contributed by atoms with E-state index >= 15 is 0 Å². The molecule has 6 heteroatoms. The Labute approximate surface area is 142 Å². The van der Waals surface area contributed by atoms with Crippen molar-refractivity contribution in [3.8, 4) is 0 Å². The Balaban J connectivity index is 2.02.